The molecule has 0 saturated carbocycles. The molecular formula is C33H23N3O5. The average molecular weight is 542 g/mol. The molecule has 1 unspecified atom stereocenters. The fourth-order valence-electron chi connectivity index (χ4n) is 6.85. The minimum atomic E-state index is -1.44. The van der Waals surface area contributed by atoms with Gasteiger partial charge in [0.1, 0.15) is 11.5 Å². The molecule has 8 heteroatoms. The molecule has 1 spiro atoms. The van der Waals surface area contributed by atoms with Gasteiger partial charge in [0.15, 0.2) is 11.6 Å². The summed E-state index contributed by atoms with van der Waals surface area (Å²) < 4.78 is 0. The first-order chi connectivity index (χ1) is 19.9. The van der Waals surface area contributed by atoms with Gasteiger partial charge in [0, 0.05) is 34.6 Å². The van der Waals surface area contributed by atoms with Crippen molar-refractivity contribution in [3.05, 3.63) is 142 Å². The number of hydrogen-bond donors (Lipinski definition) is 1. The predicted octanol–water partition coefficient (Wildman–Crippen LogP) is 5.45. The summed E-state index contributed by atoms with van der Waals surface area (Å²) in [5.41, 5.74) is 1.61. The highest BCUT2D eigenvalue weighted by Crippen LogP contribution is 2.58. The number of nitrogens with one attached hydrogen (secondary N) is 1. The molecule has 0 radical (unpaired) electrons. The van der Waals surface area contributed by atoms with Crippen LogP contribution in [0.15, 0.2) is 109 Å². The highest BCUT2D eigenvalue weighted by atomic mass is 16.6. The van der Waals surface area contributed by atoms with E-state index in [-0.39, 0.29) is 22.9 Å². The molecular weight excluding hydrogens is 518 g/mol. The third-order valence-corrected chi connectivity index (χ3v) is 8.49. The zero-order chi connectivity index (χ0) is 28.3. The molecule has 8 nitrogen and oxygen atoms in total. The molecule has 1 N–H and O–H groups in total. The van der Waals surface area contributed by atoms with Crippen molar-refractivity contribution < 1.29 is 19.3 Å². The van der Waals surface area contributed by atoms with Crippen LogP contribution in [0.5, 0.6) is 0 Å². The fourth-order valence-corrected chi connectivity index (χ4v) is 6.85. The molecule has 3 aliphatic rings. The Morgan fingerprint density at radius 2 is 1.54 bits per heavy atom. The highest BCUT2D eigenvalue weighted by molar-refractivity contribution is 6.18. The summed E-state index contributed by atoms with van der Waals surface area (Å²) in [5.74, 6) is -2.31. The second kappa shape index (κ2) is 9.09. The Labute approximate surface area is 235 Å². The smallest absolute Gasteiger partial charge is 0.270 e. The maximum Gasteiger partial charge on any atom is 0.270 e. The Balaban J connectivity index is 1.53. The first kappa shape index (κ1) is 24.7. The van der Waals surface area contributed by atoms with Gasteiger partial charge in [0.25, 0.3) is 5.69 Å². The molecule has 0 aromatic heterocycles. The van der Waals surface area contributed by atoms with Crippen molar-refractivity contribution in [3.8, 4) is 0 Å². The van der Waals surface area contributed by atoms with Gasteiger partial charge in [-0.2, -0.15) is 0 Å². The second-order valence-electron chi connectivity index (χ2n) is 10.5. The first-order valence-corrected chi connectivity index (χ1v) is 13.3. The zero-order valence-corrected chi connectivity index (χ0v) is 21.6. The second-order valence-corrected chi connectivity index (χ2v) is 10.5. The van der Waals surface area contributed by atoms with Crippen LogP contribution in [-0.4, -0.2) is 34.5 Å². The van der Waals surface area contributed by atoms with Crippen LogP contribution in [0.3, 0.4) is 0 Å². The molecule has 4 aromatic rings. The first-order valence-electron chi connectivity index (χ1n) is 13.3. The monoisotopic (exact) mass is 541 g/mol. The summed E-state index contributed by atoms with van der Waals surface area (Å²) in [7, 11) is 0. The molecule has 0 aliphatic carbocycles. The number of nitro groups is 1. The highest BCUT2D eigenvalue weighted by Gasteiger charge is 2.70. The van der Waals surface area contributed by atoms with Gasteiger partial charge in [0.2, 0.25) is 5.91 Å². The number of carbonyl (C=O) groups is 3. The number of ketones is 2. The number of Topliss-reactive ketones (excluding diaryl/α,β-unsaturated/α-hetero) is 2. The third kappa shape index (κ3) is 3.43. The Kier molecular flexibility index (Phi) is 5.47. The number of nitrogens with zero attached hydrogens (tertiary/aromatic N) is 2. The van der Waals surface area contributed by atoms with Crippen LogP contribution in [0.1, 0.15) is 31.8 Å². The lowest BCUT2D eigenvalue weighted by atomic mass is 9.64. The van der Waals surface area contributed by atoms with Crippen LogP contribution in [-0.2, 0) is 10.2 Å². The van der Waals surface area contributed by atoms with E-state index in [4.69, 9.17) is 0 Å². The Morgan fingerprint density at radius 3 is 2.34 bits per heavy atom. The van der Waals surface area contributed by atoms with E-state index >= 15 is 0 Å². The lowest BCUT2D eigenvalue weighted by Gasteiger charge is -2.37. The number of amides is 1. The van der Waals surface area contributed by atoms with E-state index in [9.17, 15) is 24.5 Å². The third-order valence-electron chi connectivity index (χ3n) is 8.49. The molecule has 3 heterocycles. The van der Waals surface area contributed by atoms with Crippen LogP contribution in [0.25, 0.3) is 6.08 Å². The van der Waals surface area contributed by atoms with Gasteiger partial charge >= 0.3 is 0 Å². The van der Waals surface area contributed by atoms with Crippen LogP contribution in [0, 0.1) is 16.0 Å². The van der Waals surface area contributed by atoms with Gasteiger partial charge in [-0.05, 0) is 23.3 Å². The maximum absolute atomic E-state index is 14.6. The average Bonchev–Trinajstić information content (AvgIpc) is 3.49. The SMILES string of the molecule is O=C(c1ccccc1)[C@@H]1[C@H](C(=O)c2cccc([N+](=O)[O-])c2)N2c3ccccc3C=CC2[C@@]12C(=O)Nc1ccccc12. The van der Waals surface area contributed by atoms with Crippen LogP contribution in [0.2, 0.25) is 0 Å². The largest absolute Gasteiger partial charge is 0.352 e. The van der Waals surface area contributed by atoms with Crippen molar-refractivity contribution in [2.24, 2.45) is 5.92 Å². The van der Waals surface area contributed by atoms with Crippen molar-refractivity contribution >= 4 is 40.6 Å². The molecule has 200 valence electrons. The van der Waals surface area contributed by atoms with Crippen molar-refractivity contribution in [2.45, 2.75) is 17.5 Å². The predicted molar refractivity (Wildman–Crippen MR) is 154 cm³/mol. The number of fused-ring (bicyclic) bond motifs is 6. The number of nitro benzene ring substituents is 1. The number of hydrogen-bond acceptors (Lipinski definition) is 6. The number of para-hydroxylation sites is 2. The molecule has 41 heavy (non-hydrogen) atoms. The Bertz CT molecular complexity index is 1800. The topological polar surface area (TPSA) is 110 Å². The molecule has 0 bridgehead atoms. The molecule has 1 fully saturated rings. The van der Waals surface area contributed by atoms with E-state index in [1.165, 1.54) is 24.3 Å². The van der Waals surface area contributed by atoms with E-state index in [1.807, 2.05) is 59.5 Å². The van der Waals surface area contributed by atoms with E-state index in [0.29, 0.717) is 22.5 Å². The van der Waals surface area contributed by atoms with E-state index < -0.39 is 34.1 Å². The van der Waals surface area contributed by atoms with E-state index in [0.717, 1.165) is 5.56 Å². The molecule has 1 saturated heterocycles. The van der Waals surface area contributed by atoms with Gasteiger partial charge in [-0.15, -0.1) is 0 Å². The molecule has 7 rings (SSSR count). The summed E-state index contributed by atoms with van der Waals surface area (Å²) in [6, 6.07) is 27.2. The number of non-ortho nitro benzene ring substituents is 1. The lowest BCUT2D eigenvalue weighted by Crippen LogP contribution is -2.51. The normalized spacial score (nSPS) is 23.5. The number of carbonyl (C=O) groups excluding carboxylic acids is 3. The summed E-state index contributed by atoms with van der Waals surface area (Å²) in [5, 5.41) is 14.6. The van der Waals surface area contributed by atoms with Crippen LogP contribution >= 0.6 is 0 Å². The van der Waals surface area contributed by atoms with Crippen molar-refractivity contribution in [1.29, 1.82) is 0 Å². The summed E-state index contributed by atoms with van der Waals surface area (Å²) in [6.45, 7) is 0. The molecule has 1 amide bonds. The van der Waals surface area contributed by atoms with E-state index in [1.54, 1.807) is 36.4 Å². The van der Waals surface area contributed by atoms with Crippen molar-refractivity contribution in [2.75, 3.05) is 10.2 Å². The Morgan fingerprint density at radius 1 is 0.829 bits per heavy atom. The number of rotatable bonds is 5. The zero-order valence-electron chi connectivity index (χ0n) is 21.6. The van der Waals surface area contributed by atoms with Gasteiger partial charge in [-0.1, -0.05) is 91.0 Å². The fraction of sp³-hybridized carbons (Fsp3) is 0.121. The van der Waals surface area contributed by atoms with Gasteiger partial charge in [0.05, 0.1) is 16.9 Å². The van der Waals surface area contributed by atoms with Gasteiger partial charge in [-0.25, -0.2) is 0 Å². The molecule has 4 atom stereocenters. The quantitative estimate of drug-likeness (QED) is 0.204. The summed E-state index contributed by atoms with van der Waals surface area (Å²) >= 11 is 0. The summed E-state index contributed by atoms with van der Waals surface area (Å²) in [4.78, 5) is 56.5. The van der Waals surface area contributed by atoms with Gasteiger partial charge in [-0.3, -0.25) is 24.5 Å². The summed E-state index contributed by atoms with van der Waals surface area (Å²) in [6.07, 6.45) is 3.83. The van der Waals surface area contributed by atoms with Gasteiger partial charge < -0.3 is 10.2 Å². The minimum Gasteiger partial charge on any atom is -0.352 e. The van der Waals surface area contributed by atoms with E-state index in [2.05, 4.69) is 5.32 Å². The van der Waals surface area contributed by atoms with Crippen LogP contribution < -0.4 is 10.2 Å². The maximum atomic E-state index is 14.6. The van der Waals surface area contributed by atoms with Crippen molar-refractivity contribution in [3.63, 3.8) is 0 Å². The standard InChI is InChI=1S/C33H23N3O5/c37-30(21-10-2-1-3-11-21)28-29(31(38)22-12-8-13-23(19-22)36(40)41)35-26-16-7-4-9-20(26)17-18-27(35)33(28)24-14-5-6-15-25(24)34-32(33)39/h1-19,27-29H,(H,34,39)/t27?,28-,29+,33+/m0/s1. The van der Waals surface area contributed by atoms with Crippen LogP contribution in [0.4, 0.5) is 17.1 Å². The molecule has 3 aliphatic heterocycles. The number of benzene rings is 4. The molecule has 4 aromatic carbocycles. The Hall–Kier alpha value is -5.37. The van der Waals surface area contributed by atoms with Crippen molar-refractivity contribution in [1.82, 2.24) is 0 Å². The number of anilines is 2. The lowest BCUT2D eigenvalue weighted by molar-refractivity contribution is -0.384. The minimum absolute atomic E-state index is 0.101.